The highest BCUT2D eigenvalue weighted by Gasteiger charge is 2.29. The van der Waals surface area contributed by atoms with Crippen LogP contribution in [0.4, 0.5) is 5.82 Å². The van der Waals surface area contributed by atoms with Crippen molar-refractivity contribution in [3.63, 3.8) is 0 Å². The molecule has 0 bridgehead atoms. The lowest BCUT2D eigenvalue weighted by molar-refractivity contribution is -0.136. The van der Waals surface area contributed by atoms with Gasteiger partial charge in [-0.2, -0.15) is 0 Å². The number of methoxy groups -OCH3 is 1. The highest BCUT2D eigenvalue weighted by molar-refractivity contribution is 9.10. The predicted molar refractivity (Wildman–Crippen MR) is 89.7 cm³/mol. The maximum atomic E-state index is 12.3. The molecule has 1 aliphatic heterocycles. The zero-order valence-electron chi connectivity index (χ0n) is 13.0. The molecule has 1 unspecified atom stereocenters. The van der Waals surface area contributed by atoms with Crippen molar-refractivity contribution in [3.8, 4) is 0 Å². The summed E-state index contributed by atoms with van der Waals surface area (Å²) >= 11 is 3.30. The lowest BCUT2D eigenvalue weighted by Gasteiger charge is -2.32. The topological polar surface area (TPSA) is 97.5 Å². The Morgan fingerprint density at radius 3 is 2.74 bits per heavy atom. The van der Waals surface area contributed by atoms with Crippen LogP contribution in [0.5, 0.6) is 0 Å². The van der Waals surface area contributed by atoms with Gasteiger partial charge >= 0.3 is 0 Å². The molecule has 0 aromatic carbocycles. The van der Waals surface area contributed by atoms with E-state index in [-0.39, 0.29) is 24.3 Å². The summed E-state index contributed by atoms with van der Waals surface area (Å²) in [5.74, 6) is 0.218. The average molecular weight is 385 g/mol. The Balaban J connectivity index is 1.82. The van der Waals surface area contributed by atoms with Crippen LogP contribution in [0.15, 0.2) is 22.8 Å². The Morgan fingerprint density at radius 1 is 1.48 bits per heavy atom. The molecule has 2 rings (SSSR count). The number of nitrogens with two attached hydrogens (primary N) is 1. The molecule has 1 aromatic rings. The standard InChI is InChI=1S/C15H21BrN4O3/c1-23-9-12(17)15(22)20-6-4-10(5-7-20)14(21)19-13-3-2-11(16)8-18-13/h2-3,8,10,12H,4-7,9,17H2,1H3,(H,18,19,21). The van der Waals surface area contributed by atoms with Crippen LogP contribution in [0.25, 0.3) is 0 Å². The smallest absolute Gasteiger partial charge is 0.241 e. The third kappa shape index (κ3) is 4.98. The quantitative estimate of drug-likeness (QED) is 0.788. The molecule has 1 aromatic heterocycles. The number of carbonyl (C=O) groups is 2. The Labute approximate surface area is 143 Å². The van der Waals surface area contributed by atoms with Crippen molar-refractivity contribution in [2.75, 3.05) is 32.1 Å². The molecular weight excluding hydrogens is 364 g/mol. The number of carbonyl (C=O) groups excluding carboxylic acids is 2. The monoisotopic (exact) mass is 384 g/mol. The van der Waals surface area contributed by atoms with E-state index in [1.807, 2.05) is 6.07 Å². The SMILES string of the molecule is COCC(N)C(=O)N1CCC(C(=O)Nc2ccc(Br)cn2)CC1. The minimum absolute atomic E-state index is 0.0619. The molecule has 1 fully saturated rings. The fraction of sp³-hybridized carbons (Fsp3) is 0.533. The molecule has 126 valence electrons. The number of ether oxygens (including phenoxy) is 1. The van der Waals surface area contributed by atoms with Gasteiger partial charge in [-0.1, -0.05) is 0 Å². The summed E-state index contributed by atoms with van der Waals surface area (Å²) in [4.78, 5) is 30.2. The second-order valence-corrected chi connectivity index (χ2v) is 6.43. The van der Waals surface area contributed by atoms with Gasteiger partial charge in [0.15, 0.2) is 0 Å². The summed E-state index contributed by atoms with van der Waals surface area (Å²) in [7, 11) is 1.51. The number of pyridine rings is 1. The van der Waals surface area contributed by atoms with Crippen LogP contribution in [0.3, 0.4) is 0 Å². The van der Waals surface area contributed by atoms with Crippen LogP contribution < -0.4 is 11.1 Å². The van der Waals surface area contributed by atoms with Gasteiger partial charge in [-0.05, 0) is 40.9 Å². The molecular formula is C15H21BrN4O3. The van der Waals surface area contributed by atoms with Crippen LogP contribution >= 0.6 is 15.9 Å². The van der Waals surface area contributed by atoms with Crippen LogP contribution in [0, 0.1) is 5.92 Å². The summed E-state index contributed by atoms with van der Waals surface area (Å²) in [6, 6.07) is 2.92. The number of hydrogen-bond donors (Lipinski definition) is 2. The number of rotatable bonds is 5. The van der Waals surface area contributed by atoms with Gasteiger partial charge in [-0.3, -0.25) is 9.59 Å². The van der Waals surface area contributed by atoms with E-state index in [2.05, 4.69) is 26.2 Å². The van der Waals surface area contributed by atoms with Crippen molar-refractivity contribution in [2.45, 2.75) is 18.9 Å². The Kier molecular flexibility index (Phi) is 6.49. The number of anilines is 1. The first-order valence-electron chi connectivity index (χ1n) is 7.47. The molecule has 1 aliphatic rings. The van der Waals surface area contributed by atoms with Gasteiger partial charge in [0.2, 0.25) is 11.8 Å². The van der Waals surface area contributed by atoms with Crippen LogP contribution in [-0.4, -0.2) is 54.5 Å². The van der Waals surface area contributed by atoms with E-state index >= 15 is 0 Å². The fourth-order valence-corrected chi connectivity index (χ4v) is 2.76. The number of nitrogens with zero attached hydrogens (tertiary/aromatic N) is 2. The highest BCUT2D eigenvalue weighted by Crippen LogP contribution is 2.20. The first-order chi connectivity index (χ1) is 11.0. The highest BCUT2D eigenvalue weighted by atomic mass is 79.9. The second-order valence-electron chi connectivity index (χ2n) is 5.51. The normalized spacial score (nSPS) is 16.9. The largest absolute Gasteiger partial charge is 0.383 e. The van der Waals surface area contributed by atoms with Crippen molar-refractivity contribution in [3.05, 3.63) is 22.8 Å². The number of likely N-dealkylation sites (tertiary alicyclic amines) is 1. The number of aromatic nitrogens is 1. The van der Waals surface area contributed by atoms with Gasteiger partial charge in [0.25, 0.3) is 0 Å². The molecule has 0 saturated carbocycles. The van der Waals surface area contributed by atoms with Crippen LogP contribution in [-0.2, 0) is 14.3 Å². The molecule has 7 nitrogen and oxygen atoms in total. The Hall–Kier alpha value is -1.51. The predicted octanol–water partition coefficient (Wildman–Crippen LogP) is 0.995. The lowest BCUT2D eigenvalue weighted by Crippen LogP contribution is -2.49. The van der Waals surface area contributed by atoms with E-state index < -0.39 is 6.04 Å². The first-order valence-corrected chi connectivity index (χ1v) is 8.26. The van der Waals surface area contributed by atoms with Gasteiger partial charge in [-0.15, -0.1) is 0 Å². The zero-order chi connectivity index (χ0) is 16.8. The van der Waals surface area contributed by atoms with Crippen molar-refractivity contribution < 1.29 is 14.3 Å². The van der Waals surface area contributed by atoms with Crippen LogP contribution in [0.2, 0.25) is 0 Å². The second kappa shape index (κ2) is 8.37. The van der Waals surface area contributed by atoms with E-state index in [4.69, 9.17) is 10.5 Å². The van der Waals surface area contributed by atoms with Crippen molar-refractivity contribution in [1.82, 2.24) is 9.88 Å². The summed E-state index contributed by atoms with van der Waals surface area (Å²) in [5.41, 5.74) is 5.76. The van der Waals surface area contributed by atoms with Gasteiger partial charge in [0, 0.05) is 36.8 Å². The number of amides is 2. The zero-order valence-corrected chi connectivity index (χ0v) is 14.6. The van der Waals surface area contributed by atoms with Crippen LogP contribution in [0.1, 0.15) is 12.8 Å². The Bertz CT molecular complexity index is 544. The van der Waals surface area contributed by atoms with Gasteiger partial charge < -0.3 is 20.7 Å². The molecule has 1 saturated heterocycles. The summed E-state index contributed by atoms with van der Waals surface area (Å²) in [5, 5.41) is 2.81. The number of nitrogens with one attached hydrogen (secondary N) is 1. The third-order valence-corrected chi connectivity index (χ3v) is 4.29. The number of halogens is 1. The maximum absolute atomic E-state index is 12.3. The van der Waals surface area contributed by atoms with E-state index in [0.717, 1.165) is 4.47 Å². The molecule has 0 spiro atoms. The number of piperidine rings is 1. The minimum atomic E-state index is -0.641. The van der Waals surface area contributed by atoms with E-state index in [0.29, 0.717) is 31.7 Å². The van der Waals surface area contributed by atoms with Gasteiger partial charge in [-0.25, -0.2) is 4.98 Å². The number of hydrogen-bond acceptors (Lipinski definition) is 5. The van der Waals surface area contributed by atoms with E-state index in [1.54, 1.807) is 17.2 Å². The maximum Gasteiger partial charge on any atom is 0.241 e. The van der Waals surface area contributed by atoms with Crippen molar-refractivity contribution >= 4 is 33.6 Å². The Morgan fingerprint density at radius 2 is 2.17 bits per heavy atom. The fourth-order valence-electron chi connectivity index (χ4n) is 2.53. The third-order valence-electron chi connectivity index (χ3n) is 3.82. The molecule has 23 heavy (non-hydrogen) atoms. The molecule has 3 N–H and O–H groups in total. The molecule has 2 amide bonds. The lowest BCUT2D eigenvalue weighted by atomic mass is 9.95. The van der Waals surface area contributed by atoms with Gasteiger partial charge in [0.05, 0.1) is 6.61 Å². The molecule has 1 atom stereocenters. The van der Waals surface area contributed by atoms with Crippen molar-refractivity contribution in [2.24, 2.45) is 11.7 Å². The minimum Gasteiger partial charge on any atom is -0.383 e. The summed E-state index contributed by atoms with van der Waals surface area (Å²) in [6.07, 6.45) is 2.87. The van der Waals surface area contributed by atoms with Gasteiger partial charge in [0.1, 0.15) is 11.9 Å². The average Bonchev–Trinajstić information content (AvgIpc) is 2.56. The summed E-state index contributed by atoms with van der Waals surface area (Å²) < 4.78 is 5.76. The van der Waals surface area contributed by atoms with E-state index in [9.17, 15) is 9.59 Å². The molecule has 2 heterocycles. The first kappa shape index (κ1) is 17.8. The molecule has 0 aliphatic carbocycles. The van der Waals surface area contributed by atoms with Crippen molar-refractivity contribution in [1.29, 1.82) is 0 Å². The van der Waals surface area contributed by atoms with E-state index in [1.165, 1.54) is 7.11 Å². The molecule has 0 radical (unpaired) electrons. The molecule has 8 heteroatoms. The summed E-state index contributed by atoms with van der Waals surface area (Å²) in [6.45, 7) is 1.26.